The molecule has 0 unspecified atom stereocenters. The average Bonchev–Trinajstić information content (AvgIpc) is 2.27. The molecule has 0 saturated heterocycles. The lowest BCUT2D eigenvalue weighted by Crippen LogP contribution is -2.24. The minimum atomic E-state index is 0.238. The molecular weight excluding hydrogens is 206 g/mol. The van der Waals surface area contributed by atoms with Gasteiger partial charge in [-0.1, -0.05) is 12.1 Å². The molecule has 3 heteroatoms. The lowest BCUT2D eigenvalue weighted by Gasteiger charge is -2.14. The van der Waals surface area contributed by atoms with Crippen molar-refractivity contribution in [2.75, 3.05) is 33.0 Å². The van der Waals surface area contributed by atoms with Gasteiger partial charge in [-0.2, -0.15) is 0 Å². The molecule has 1 aromatic rings. The summed E-state index contributed by atoms with van der Waals surface area (Å²) in [4.78, 5) is 3.45. The van der Waals surface area contributed by atoms with E-state index in [9.17, 15) is 0 Å². The van der Waals surface area contributed by atoms with Crippen LogP contribution < -0.4 is 0 Å². The zero-order valence-corrected chi connectivity index (χ0v) is 10.3. The quantitative estimate of drug-likeness (QED) is 0.748. The van der Waals surface area contributed by atoms with Crippen LogP contribution in [0.3, 0.4) is 0 Å². The molecule has 2 nitrogen and oxygen atoms in total. The van der Waals surface area contributed by atoms with Crippen molar-refractivity contribution in [3.63, 3.8) is 0 Å². The monoisotopic (exact) mass is 225 g/mol. The van der Waals surface area contributed by atoms with Gasteiger partial charge in [-0.25, -0.2) is 0 Å². The van der Waals surface area contributed by atoms with Gasteiger partial charge in [0, 0.05) is 18.0 Å². The van der Waals surface area contributed by atoms with Gasteiger partial charge >= 0.3 is 0 Å². The fraction of sp³-hybridized carbons (Fsp3) is 0.500. The second kappa shape index (κ2) is 6.88. The van der Waals surface area contributed by atoms with Crippen molar-refractivity contribution < 1.29 is 5.11 Å². The number of hydrogen-bond donors (Lipinski definition) is 1. The Kier molecular flexibility index (Phi) is 5.76. The SMILES string of the molecule is CSc1ccc(CCN(C)CCO)cc1. The predicted octanol–water partition coefficient (Wildman–Crippen LogP) is 1.88. The van der Waals surface area contributed by atoms with E-state index in [1.807, 2.05) is 7.05 Å². The van der Waals surface area contributed by atoms with Crippen LogP contribution >= 0.6 is 11.8 Å². The third kappa shape index (κ3) is 4.69. The van der Waals surface area contributed by atoms with Gasteiger partial charge in [-0.15, -0.1) is 11.8 Å². The van der Waals surface area contributed by atoms with Crippen molar-refractivity contribution in [1.82, 2.24) is 4.90 Å². The molecule has 0 radical (unpaired) electrons. The third-order valence-corrected chi connectivity index (χ3v) is 3.17. The highest BCUT2D eigenvalue weighted by molar-refractivity contribution is 7.98. The van der Waals surface area contributed by atoms with E-state index in [2.05, 4.69) is 35.4 Å². The van der Waals surface area contributed by atoms with E-state index in [-0.39, 0.29) is 6.61 Å². The highest BCUT2D eigenvalue weighted by Crippen LogP contribution is 2.15. The molecular formula is C12H19NOS. The van der Waals surface area contributed by atoms with Crippen molar-refractivity contribution in [3.05, 3.63) is 29.8 Å². The zero-order chi connectivity index (χ0) is 11.1. The van der Waals surface area contributed by atoms with Crippen molar-refractivity contribution in [2.24, 2.45) is 0 Å². The second-order valence-electron chi connectivity index (χ2n) is 3.62. The Balaban J connectivity index is 2.37. The minimum absolute atomic E-state index is 0.238. The van der Waals surface area contributed by atoms with Crippen molar-refractivity contribution in [1.29, 1.82) is 0 Å². The fourth-order valence-corrected chi connectivity index (χ4v) is 1.80. The first kappa shape index (κ1) is 12.6. The largest absolute Gasteiger partial charge is 0.395 e. The van der Waals surface area contributed by atoms with Crippen LogP contribution in [0.15, 0.2) is 29.2 Å². The smallest absolute Gasteiger partial charge is 0.0558 e. The summed E-state index contributed by atoms with van der Waals surface area (Å²) in [6.07, 6.45) is 3.13. The van der Waals surface area contributed by atoms with Gasteiger partial charge in [0.1, 0.15) is 0 Å². The maximum absolute atomic E-state index is 8.76. The number of nitrogens with zero attached hydrogens (tertiary/aromatic N) is 1. The van der Waals surface area contributed by atoms with E-state index in [0.29, 0.717) is 0 Å². The molecule has 0 spiro atoms. The first-order valence-corrected chi connectivity index (χ1v) is 6.41. The number of thioether (sulfide) groups is 1. The number of rotatable bonds is 6. The van der Waals surface area contributed by atoms with Crippen LogP contribution in [0.5, 0.6) is 0 Å². The fourth-order valence-electron chi connectivity index (χ4n) is 1.39. The van der Waals surface area contributed by atoms with E-state index in [4.69, 9.17) is 5.11 Å². The van der Waals surface area contributed by atoms with Gasteiger partial charge in [0.25, 0.3) is 0 Å². The molecule has 0 atom stereocenters. The van der Waals surface area contributed by atoms with Gasteiger partial charge in [0.15, 0.2) is 0 Å². The normalized spacial score (nSPS) is 10.9. The summed E-state index contributed by atoms with van der Waals surface area (Å²) < 4.78 is 0. The van der Waals surface area contributed by atoms with Crippen molar-refractivity contribution in [3.8, 4) is 0 Å². The lowest BCUT2D eigenvalue weighted by molar-refractivity contribution is 0.223. The van der Waals surface area contributed by atoms with Gasteiger partial charge in [0.05, 0.1) is 6.61 Å². The summed E-state index contributed by atoms with van der Waals surface area (Å²) in [6, 6.07) is 8.68. The zero-order valence-electron chi connectivity index (χ0n) is 9.44. The summed E-state index contributed by atoms with van der Waals surface area (Å²) in [7, 11) is 2.03. The van der Waals surface area contributed by atoms with Crippen LogP contribution in [-0.2, 0) is 6.42 Å². The Hall–Kier alpha value is -0.510. The number of aliphatic hydroxyl groups excluding tert-OH is 1. The van der Waals surface area contributed by atoms with Crippen LogP contribution in [0.2, 0.25) is 0 Å². The second-order valence-corrected chi connectivity index (χ2v) is 4.50. The Bertz CT molecular complexity index is 273. The van der Waals surface area contributed by atoms with E-state index >= 15 is 0 Å². The standard InChI is InChI=1S/C12H19NOS/c1-13(9-10-14)8-7-11-3-5-12(15-2)6-4-11/h3-6,14H,7-10H2,1-2H3. The molecule has 15 heavy (non-hydrogen) atoms. The number of benzene rings is 1. The summed E-state index contributed by atoms with van der Waals surface area (Å²) in [5.74, 6) is 0. The van der Waals surface area contributed by atoms with E-state index < -0.39 is 0 Å². The molecule has 84 valence electrons. The van der Waals surface area contributed by atoms with Crippen LogP contribution in [0, 0.1) is 0 Å². The summed E-state index contributed by atoms with van der Waals surface area (Å²) >= 11 is 1.77. The van der Waals surface area contributed by atoms with E-state index in [1.165, 1.54) is 10.5 Å². The van der Waals surface area contributed by atoms with Crippen LogP contribution in [0.1, 0.15) is 5.56 Å². The first-order valence-electron chi connectivity index (χ1n) is 5.18. The maximum Gasteiger partial charge on any atom is 0.0558 e. The molecule has 0 bridgehead atoms. The molecule has 1 aromatic carbocycles. The minimum Gasteiger partial charge on any atom is -0.395 e. The summed E-state index contributed by atoms with van der Waals surface area (Å²) in [5.41, 5.74) is 1.36. The molecule has 0 fully saturated rings. The number of hydrogen-bond acceptors (Lipinski definition) is 3. The predicted molar refractivity (Wildman–Crippen MR) is 66.5 cm³/mol. The average molecular weight is 225 g/mol. The number of likely N-dealkylation sites (N-methyl/N-ethyl adjacent to an activating group) is 1. The molecule has 0 aliphatic carbocycles. The molecule has 0 aromatic heterocycles. The molecule has 0 heterocycles. The summed E-state index contributed by atoms with van der Waals surface area (Å²) in [6.45, 7) is 1.99. The topological polar surface area (TPSA) is 23.5 Å². The Morgan fingerprint density at radius 2 is 1.87 bits per heavy atom. The highest BCUT2D eigenvalue weighted by Gasteiger charge is 1.98. The Morgan fingerprint density at radius 1 is 1.20 bits per heavy atom. The van der Waals surface area contributed by atoms with Gasteiger partial charge < -0.3 is 10.0 Å². The molecule has 0 aliphatic rings. The Labute approximate surface area is 96.3 Å². The Morgan fingerprint density at radius 3 is 2.40 bits per heavy atom. The van der Waals surface area contributed by atoms with E-state index in [0.717, 1.165) is 19.5 Å². The summed E-state index contributed by atoms with van der Waals surface area (Å²) in [5, 5.41) is 8.76. The third-order valence-electron chi connectivity index (χ3n) is 2.42. The van der Waals surface area contributed by atoms with Gasteiger partial charge in [-0.05, 0) is 37.4 Å². The van der Waals surface area contributed by atoms with Crippen LogP contribution in [-0.4, -0.2) is 43.0 Å². The first-order chi connectivity index (χ1) is 7.26. The lowest BCUT2D eigenvalue weighted by atomic mass is 10.1. The molecule has 0 saturated carbocycles. The van der Waals surface area contributed by atoms with Crippen LogP contribution in [0.25, 0.3) is 0 Å². The van der Waals surface area contributed by atoms with Gasteiger partial charge in [-0.3, -0.25) is 0 Å². The molecule has 0 amide bonds. The number of aliphatic hydroxyl groups is 1. The van der Waals surface area contributed by atoms with Crippen LogP contribution in [0.4, 0.5) is 0 Å². The van der Waals surface area contributed by atoms with E-state index in [1.54, 1.807) is 11.8 Å². The maximum atomic E-state index is 8.76. The van der Waals surface area contributed by atoms with Crippen molar-refractivity contribution in [2.45, 2.75) is 11.3 Å². The van der Waals surface area contributed by atoms with Gasteiger partial charge in [0.2, 0.25) is 0 Å². The molecule has 0 aliphatic heterocycles. The molecule has 1 N–H and O–H groups in total. The van der Waals surface area contributed by atoms with Crippen molar-refractivity contribution >= 4 is 11.8 Å². The highest BCUT2D eigenvalue weighted by atomic mass is 32.2. The molecule has 1 rings (SSSR count).